The van der Waals surface area contributed by atoms with E-state index in [9.17, 15) is 18.8 Å². The van der Waals surface area contributed by atoms with Crippen LogP contribution in [0.15, 0.2) is 53.8 Å². The molecule has 0 aliphatic rings. The van der Waals surface area contributed by atoms with Crippen LogP contribution >= 0.6 is 11.6 Å². The largest absolute Gasteiger partial charge is 0.290 e. The zero-order chi connectivity index (χ0) is 20.1. The van der Waals surface area contributed by atoms with Crippen molar-refractivity contribution in [3.8, 4) is 0 Å². The first-order valence-corrected chi connectivity index (χ1v) is 8.19. The highest BCUT2D eigenvalue weighted by Crippen LogP contribution is 2.08. The summed E-state index contributed by atoms with van der Waals surface area (Å²) >= 11 is 5.76. The summed E-state index contributed by atoms with van der Waals surface area (Å²) in [6.07, 6.45) is 5.04. The Balaban J connectivity index is 1.70. The minimum absolute atomic E-state index is 0.0781. The lowest BCUT2D eigenvalue weighted by molar-refractivity contribution is 0.0842. The van der Waals surface area contributed by atoms with Crippen molar-refractivity contribution in [1.29, 1.82) is 0 Å². The molecule has 3 aromatic rings. The molecule has 3 heterocycles. The quantitative estimate of drug-likeness (QED) is 0.627. The topological polar surface area (TPSA) is 119 Å². The standard InChI is InChI=1S/C17H12ClFN6O3/c18-12-4-11(6-21-7-12)16(27)22-23-17(28)14-1-2-15(26)25(24-14)9-10-3-13(19)8-20-5-10/h1-8H,9H2,(H,22,27)(H,23,28). The van der Waals surface area contributed by atoms with Crippen molar-refractivity contribution in [2.24, 2.45) is 0 Å². The molecule has 0 atom stereocenters. The molecule has 2 N–H and O–H groups in total. The molecule has 142 valence electrons. The van der Waals surface area contributed by atoms with Gasteiger partial charge in [-0.1, -0.05) is 11.6 Å². The number of carbonyl (C=O) groups excluding carboxylic acids is 2. The van der Waals surface area contributed by atoms with Crippen molar-refractivity contribution in [3.05, 3.63) is 87.1 Å². The number of carbonyl (C=O) groups is 2. The summed E-state index contributed by atoms with van der Waals surface area (Å²) in [5.74, 6) is -1.95. The third-order valence-electron chi connectivity index (χ3n) is 3.45. The third kappa shape index (κ3) is 4.74. The summed E-state index contributed by atoms with van der Waals surface area (Å²) in [7, 11) is 0. The van der Waals surface area contributed by atoms with Gasteiger partial charge in [-0.2, -0.15) is 5.10 Å². The zero-order valence-corrected chi connectivity index (χ0v) is 14.9. The number of amides is 2. The summed E-state index contributed by atoms with van der Waals surface area (Å²) in [4.78, 5) is 43.6. The number of aromatic nitrogens is 4. The fourth-order valence-corrected chi connectivity index (χ4v) is 2.36. The van der Waals surface area contributed by atoms with E-state index in [1.165, 1.54) is 36.8 Å². The Labute approximate surface area is 162 Å². The molecule has 0 radical (unpaired) electrons. The van der Waals surface area contributed by atoms with Gasteiger partial charge in [-0.15, -0.1) is 0 Å². The maximum absolute atomic E-state index is 13.2. The van der Waals surface area contributed by atoms with E-state index in [1.54, 1.807) is 0 Å². The number of pyridine rings is 2. The van der Waals surface area contributed by atoms with Crippen molar-refractivity contribution in [2.75, 3.05) is 0 Å². The molecule has 0 fully saturated rings. The van der Waals surface area contributed by atoms with E-state index in [-0.39, 0.29) is 22.8 Å². The molecule has 0 aliphatic carbocycles. The Bertz CT molecular complexity index is 1100. The number of nitrogens with zero attached hydrogens (tertiary/aromatic N) is 4. The van der Waals surface area contributed by atoms with Crippen LogP contribution in [0, 0.1) is 5.82 Å². The second-order valence-electron chi connectivity index (χ2n) is 5.53. The van der Waals surface area contributed by atoms with Crippen LogP contribution in [0.3, 0.4) is 0 Å². The molecule has 2 amide bonds. The van der Waals surface area contributed by atoms with Crippen LogP contribution in [-0.2, 0) is 6.54 Å². The Kier molecular flexibility index (Phi) is 5.70. The maximum Gasteiger partial charge on any atom is 0.290 e. The highest BCUT2D eigenvalue weighted by atomic mass is 35.5. The van der Waals surface area contributed by atoms with Gasteiger partial charge in [-0.05, 0) is 23.8 Å². The molecule has 9 nitrogen and oxygen atoms in total. The van der Waals surface area contributed by atoms with Gasteiger partial charge in [0.1, 0.15) is 5.82 Å². The molecule has 0 spiro atoms. The van der Waals surface area contributed by atoms with Crippen LogP contribution in [0.2, 0.25) is 5.02 Å². The number of halogens is 2. The average Bonchev–Trinajstić information content (AvgIpc) is 2.67. The minimum atomic E-state index is -0.755. The molecule has 0 aromatic carbocycles. The number of hydrogen-bond acceptors (Lipinski definition) is 6. The van der Waals surface area contributed by atoms with Gasteiger partial charge in [0, 0.05) is 24.7 Å². The number of hydrogen-bond donors (Lipinski definition) is 2. The Hall–Kier alpha value is -3.66. The SMILES string of the molecule is O=C(NNC(=O)c1ccc(=O)n(Cc2cncc(F)c2)n1)c1cncc(Cl)c1. The van der Waals surface area contributed by atoms with Crippen LogP contribution in [0.5, 0.6) is 0 Å². The van der Waals surface area contributed by atoms with Crippen molar-refractivity contribution < 1.29 is 14.0 Å². The smallest absolute Gasteiger partial charge is 0.268 e. The van der Waals surface area contributed by atoms with E-state index in [1.807, 2.05) is 0 Å². The third-order valence-corrected chi connectivity index (χ3v) is 3.66. The summed E-state index contributed by atoms with van der Waals surface area (Å²) < 4.78 is 14.2. The van der Waals surface area contributed by atoms with Gasteiger partial charge in [0.15, 0.2) is 5.69 Å². The van der Waals surface area contributed by atoms with Gasteiger partial charge in [0.05, 0.1) is 23.3 Å². The predicted molar refractivity (Wildman–Crippen MR) is 96.0 cm³/mol. The van der Waals surface area contributed by atoms with Gasteiger partial charge in [-0.25, -0.2) is 9.07 Å². The number of nitrogens with one attached hydrogen (secondary N) is 2. The summed E-state index contributed by atoms with van der Waals surface area (Å²) in [5.41, 5.74) is 4.29. The first kappa shape index (κ1) is 19.1. The van der Waals surface area contributed by atoms with Crippen LogP contribution in [0.4, 0.5) is 4.39 Å². The molecule has 0 aliphatic heterocycles. The Morgan fingerprint density at radius 3 is 2.54 bits per heavy atom. The predicted octanol–water partition coefficient (Wildman–Crippen LogP) is 0.949. The lowest BCUT2D eigenvalue weighted by Gasteiger charge is -2.09. The van der Waals surface area contributed by atoms with Crippen molar-refractivity contribution >= 4 is 23.4 Å². The van der Waals surface area contributed by atoms with E-state index in [0.717, 1.165) is 16.9 Å². The molecule has 0 bridgehead atoms. The average molecular weight is 403 g/mol. The monoisotopic (exact) mass is 402 g/mol. The second-order valence-corrected chi connectivity index (χ2v) is 5.96. The maximum atomic E-state index is 13.2. The molecule has 3 rings (SSSR count). The van der Waals surface area contributed by atoms with Crippen LogP contribution < -0.4 is 16.4 Å². The minimum Gasteiger partial charge on any atom is -0.268 e. The van der Waals surface area contributed by atoms with E-state index >= 15 is 0 Å². The molecule has 11 heteroatoms. The summed E-state index contributed by atoms with van der Waals surface area (Å²) in [6, 6.07) is 4.91. The molecular weight excluding hydrogens is 391 g/mol. The van der Waals surface area contributed by atoms with Crippen LogP contribution in [0.25, 0.3) is 0 Å². The zero-order valence-electron chi connectivity index (χ0n) is 14.1. The van der Waals surface area contributed by atoms with E-state index in [4.69, 9.17) is 11.6 Å². The number of rotatable bonds is 4. The normalized spacial score (nSPS) is 10.4. The molecule has 0 saturated heterocycles. The summed E-state index contributed by atoms with van der Waals surface area (Å²) in [6.45, 7) is -0.0781. The van der Waals surface area contributed by atoms with Gasteiger partial charge >= 0.3 is 0 Å². The highest BCUT2D eigenvalue weighted by Gasteiger charge is 2.13. The van der Waals surface area contributed by atoms with Crippen molar-refractivity contribution in [1.82, 2.24) is 30.6 Å². The lowest BCUT2D eigenvalue weighted by Crippen LogP contribution is -2.42. The fourth-order valence-electron chi connectivity index (χ4n) is 2.18. The lowest BCUT2D eigenvalue weighted by atomic mass is 10.3. The van der Waals surface area contributed by atoms with Crippen molar-refractivity contribution in [3.63, 3.8) is 0 Å². The Morgan fingerprint density at radius 2 is 1.79 bits per heavy atom. The van der Waals surface area contributed by atoms with Crippen LogP contribution in [0.1, 0.15) is 26.4 Å². The van der Waals surface area contributed by atoms with E-state index in [2.05, 4.69) is 25.9 Å². The number of hydrazine groups is 1. The second kappa shape index (κ2) is 8.35. The molecular formula is C17H12ClFN6O3. The first-order valence-electron chi connectivity index (χ1n) is 7.81. The molecule has 0 saturated carbocycles. The van der Waals surface area contributed by atoms with Gasteiger partial charge in [-0.3, -0.25) is 35.2 Å². The molecule has 28 heavy (non-hydrogen) atoms. The van der Waals surface area contributed by atoms with Crippen molar-refractivity contribution in [2.45, 2.75) is 6.54 Å². The van der Waals surface area contributed by atoms with Gasteiger partial charge < -0.3 is 0 Å². The highest BCUT2D eigenvalue weighted by molar-refractivity contribution is 6.30. The van der Waals surface area contributed by atoms with Gasteiger partial charge in [0.2, 0.25) is 0 Å². The molecule has 0 unspecified atom stereocenters. The summed E-state index contributed by atoms with van der Waals surface area (Å²) in [5, 5.41) is 4.18. The molecule has 3 aromatic heterocycles. The van der Waals surface area contributed by atoms with Crippen LogP contribution in [-0.4, -0.2) is 31.6 Å². The Morgan fingerprint density at radius 1 is 1.04 bits per heavy atom. The first-order chi connectivity index (χ1) is 13.4. The fraction of sp³-hybridized carbons (Fsp3) is 0.0588. The van der Waals surface area contributed by atoms with Gasteiger partial charge in [0.25, 0.3) is 17.4 Å². The van der Waals surface area contributed by atoms with E-state index < -0.39 is 23.2 Å². The van der Waals surface area contributed by atoms with E-state index in [0.29, 0.717) is 5.56 Å².